The molecule has 0 amide bonds. The van der Waals surface area contributed by atoms with Crippen LogP contribution in [-0.4, -0.2) is 20.5 Å². The third-order valence-corrected chi connectivity index (χ3v) is 3.90. The predicted molar refractivity (Wildman–Crippen MR) is 84.3 cm³/mol. The SMILES string of the molecule is C=CCSc1nnc(-c2cccc(Br)c2)n1CC=C. The van der Waals surface area contributed by atoms with Gasteiger partial charge in [-0.2, -0.15) is 0 Å². The fourth-order valence-corrected chi connectivity index (χ4v) is 2.75. The summed E-state index contributed by atoms with van der Waals surface area (Å²) in [4.78, 5) is 0. The van der Waals surface area contributed by atoms with Crippen LogP contribution >= 0.6 is 27.7 Å². The molecule has 1 aromatic heterocycles. The van der Waals surface area contributed by atoms with Gasteiger partial charge in [0.1, 0.15) is 0 Å². The highest BCUT2D eigenvalue weighted by atomic mass is 79.9. The molecular formula is C14H14BrN3S. The summed E-state index contributed by atoms with van der Waals surface area (Å²) in [6, 6.07) is 8.04. The van der Waals surface area contributed by atoms with E-state index in [1.54, 1.807) is 11.8 Å². The van der Waals surface area contributed by atoms with Gasteiger partial charge in [0.15, 0.2) is 11.0 Å². The van der Waals surface area contributed by atoms with Crippen molar-refractivity contribution >= 4 is 27.7 Å². The van der Waals surface area contributed by atoms with Crippen molar-refractivity contribution < 1.29 is 0 Å². The Morgan fingerprint density at radius 3 is 2.79 bits per heavy atom. The van der Waals surface area contributed by atoms with Gasteiger partial charge in [0, 0.05) is 22.3 Å². The van der Waals surface area contributed by atoms with Crippen molar-refractivity contribution in [2.45, 2.75) is 11.7 Å². The van der Waals surface area contributed by atoms with Crippen LogP contribution in [0.3, 0.4) is 0 Å². The number of rotatable bonds is 6. The van der Waals surface area contributed by atoms with Gasteiger partial charge in [0.2, 0.25) is 0 Å². The van der Waals surface area contributed by atoms with Crippen LogP contribution in [0.5, 0.6) is 0 Å². The molecule has 0 atom stereocenters. The average Bonchev–Trinajstić information content (AvgIpc) is 2.80. The predicted octanol–water partition coefficient (Wildman–Crippen LogP) is 4.17. The zero-order valence-electron chi connectivity index (χ0n) is 10.4. The summed E-state index contributed by atoms with van der Waals surface area (Å²) in [5.74, 6) is 1.67. The topological polar surface area (TPSA) is 30.7 Å². The smallest absolute Gasteiger partial charge is 0.192 e. The van der Waals surface area contributed by atoms with Crippen molar-refractivity contribution in [1.82, 2.24) is 14.8 Å². The second-order valence-electron chi connectivity index (χ2n) is 3.82. The van der Waals surface area contributed by atoms with Crippen LogP contribution in [0.25, 0.3) is 11.4 Å². The van der Waals surface area contributed by atoms with Crippen LogP contribution < -0.4 is 0 Å². The van der Waals surface area contributed by atoms with Gasteiger partial charge in [-0.3, -0.25) is 4.57 Å². The van der Waals surface area contributed by atoms with Crippen molar-refractivity contribution in [2.24, 2.45) is 0 Å². The van der Waals surface area contributed by atoms with Crippen molar-refractivity contribution in [3.63, 3.8) is 0 Å². The van der Waals surface area contributed by atoms with Crippen LogP contribution in [0.1, 0.15) is 0 Å². The fourth-order valence-electron chi connectivity index (χ4n) is 1.66. The summed E-state index contributed by atoms with van der Waals surface area (Å²) in [6.07, 6.45) is 3.71. The van der Waals surface area contributed by atoms with E-state index in [1.165, 1.54) is 0 Å². The molecular weight excluding hydrogens is 322 g/mol. The quantitative estimate of drug-likeness (QED) is 0.586. The van der Waals surface area contributed by atoms with Crippen molar-refractivity contribution in [2.75, 3.05) is 5.75 Å². The van der Waals surface area contributed by atoms with Crippen LogP contribution in [0.2, 0.25) is 0 Å². The highest BCUT2D eigenvalue weighted by Crippen LogP contribution is 2.25. The van der Waals surface area contributed by atoms with E-state index in [1.807, 2.05) is 36.4 Å². The van der Waals surface area contributed by atoms with Crippen LogP contribution in [0, 0.1) is 0 Å². The first-order chi connectivity index (χ1) is 9.26. The summed E-state index contributed by atoms with van der Waals surface area (Å²) in [5, 5.41) is 9.42. The fraction of sp³-hybridized carbons (Fsp3) is 0.143. The number of aromatic nitrogens is 3. The first-order valence-corrected chi connectivity index (χ1v) is 7.58. The molecule has 0 bridgehead atoms. The molecule has 2 rings (SSSR count). The van der Waals surface area contributed by atoms with E-state index >= 15 is 0 Å². The Morgan fingerprint density at radius 2 is 2.11 bits per heavy atom. The summed E-state index contributed by atoms with van der Waals surface area (Å²) in [7, 11) is 0. The molecule has 0 saturated heterocycles. The lowest BCUT2D eigenvalue weighted by Crippen LogP contribution is -2.00. The third-order valence-electron chi connectivity index (χ3n) is 2.44. The molecule has 0 N–H and O–H groups in total. The van der Waals surface area contributed by atoms with Crippen LogP contribution in [-0.2, 0) is 6.54 Å². The van der Waals surface area contributed by atoms with E-state index in [9.17, 15) is 0 Å². The highest BCUT2D eigenvalue weighted by Gasteiger charge is 2.12. The Hall–Kier alpha value is -1.33. The Morgan fingerprint density at radius 1 is 1.26 bits per heavy atom. The van der Waals surface area contributed by atoms with E-state index in [0.29, 0.717) is 6.54 Å². The van der Waals surface area contributed by atoms with Crippen molar-refractivity contribution in [3.05, 3.63) is 54.0 Å². The number of halogens is 1. The molecule has 3 nitrogen and oxygen atoms in total. The van der Waals surface area contributed by atoms with Gasteiger partial charge in [-0.25, -0.2) is 0 Å². The number of hydrogen-bond donors (Lipinski definition) is 0. The van der Waals surface area contributed by atoms with E-state index in [2.05, 4.69) is 43.9 Å². The highest BCUT2D eigenvalue weighted by molar-refractivity contribution is 9.10. The number of allylic oxidation sites excluding steroid dienone is 1. The average molecular weight is 336 g/mol. The minimum atomic E-state index is 0.689. The molecule has 0 aliphatic heterocycles. The minimum absolute atomic E-state index is 0.689. The molecule has 1 aromatic carbocycles. The lowest BCUT2D eigenvalue weighted by atomic mass is 10.2. The maximum atomic E-state index is 4.29. The zero-order chi connectivity index (χ0) is 13.7. The molecule has 0 aliphatic rings. The zero-order valence-corrected chi connectivity index (χ0v) is 12.8. The molecule has 0 aliphatic carbocycles. The molecule has 0 radical (unpaired) electrons. The lowest BCUT2D eigenvalue weighted by molar-refractivity contribution is 0.732. The van der Waals surface area contributed by atoms with E-state index in [4.69, 9.17) is 0 Å². The van der Waals surface area contributed by atoms with Gasteiger partial charge in [0.25, 0.3) is 0 Å². The first-order valence-electron chi connectivity index (χ1n) is 5.80. The Kier molecular flexibility index (Phi) is 4.99. The molecule has 98 valence electrons. The molecule has 5 heteroatoms. The number of benzene rings is 1. The van der Waals surface area contributed by atoms with Crippen LogP contribution in [0.4, 0.5) is 0 Å². The van der Waals surface area contributed by atoms with Crippen molar-refractivity contribution in [1.29, 1.82) is 0 Å². The van der Waals surface area contributed by atoms with Gasteiger partial charge < -0.3 is 0 Å². The largest absolute Gasteiger partial charge is 0.298 e. The van der Waals surface area contributed by atoms with Gasteiger partial charge in [-0.1, -0.05) is 52.0 Å². The Labute approximate surface area is 125 Å². The number of nitrogens with zero attached hydrogens (tertiary/aromatic N) is 3. The minimum Gasteiger partial charge on any atom is -0.298 e. The lowest BCUT2D eigenvalue weighted by Gasteiger charge is -2.07. The van der Waals surface area contributed by atoms with Gasteiger partial charge in [0.05, 0.1) is 0 Å². The normalized spacial score (nSPS) is 10.4. The Balaban J connectivity index is 2.42. The van der Waals surface area contributed by atoms with Gasteiger partial charge in [-0.15, -0.1) is 23.4 Å². The van der Waals surface area contributed by atoms with Crippen LogP contribution in [0.15, 0.2) is 59.2 Å². The first kappa shape index (κ1) is 14.1. The number of hydrogen-bond acceptors (Lipinski definition) is 3. The number of thioether (sulfide) groups is 1. The molecule has 0 saturated carbocycles. The summed E-state index contributed by atoms with van der Waals surface area (Å²) in [5.41, 5.74) is 1.04. The molecule has 1 heterocycles. The van der Waals surface area contributed by atoms with E-state index in [0.717, 1.165) is 26.8 Å². The maximum Gasteiger partial charge on any atom is 0.192 e. The third kappa shape index (κ3) is 3.36. The Bertz CT molecular complexity index is 592. The molecule has 0 spiro atoms. The van der Waals surface area contributed by atoms with Crippen molar-refractivity contribution in [3.8, 4) is 11.4 Å². The summed E-state index contributed by atoms with van der Waals surface area (Å²) >= 11 is 5.09. The van der Waals surface area contributed by atoms with Gasteiger partial charge in [-0.05, 0) is 12.1 Å². The van der Waals surface area contributed by atoms with Gasteiger partial charge >= 0.3 is 0 Å². The molecule has 19 heavy (non-hydrogen) atoms. The maximum absolute atomic E-state index is 4.29. The monoisotopic (exact) mass is 335 g/mol. The second-order valence-corrected chi connectivity index (χ2v) is 5.72. The van der Waals surface area contributed by atoms with E-state index < -0.39 is 0 Å². The molecule has 0 unspecified atom stereocenters. The second kappa shape index (κ2) is 6.73. The molecule has 2 aromatic rings. The van der Waals surface area contributed by atoms with E-state index in [-0.39, 0.29) is 0 Å². The summed E-state index contributed by atoms with van der Waals surface area (Å²) < 4.78 is 3.08. The molecule has 0 fully saturated rings. The summed E-state index contributed by atoms with van der Waals surface area (Å²) in [6.45, 7) is 8.21. The standard InChI is InChI=1S/C14H14BrN3S/c1-3-8-18-13(11-6-5-7-12(15)10-11)16-17-14(18)19-9-4-2/h3-7,10H,1-2,8-9H2.